The average molecular weight is 321 g/mol. The molecule has 4 aliphatic rings. The van der Waals surface area contributed by atoms with E-state index in [1.54, 1.807) is 0 Å². The molecule has 2 aliphatic carbocycles. The number of rotatable bonds is 1. The molecule has 1 N–H and O–H groups in total. The van der Waals surface area contributed by atoms with Gasteiger partial charge in [0.2, 0.25) is 0 Å². The van der Waals surface area contributed by atoms with Gasteiger partial charge in [-0.1, -0.05) is 6.92 Å². The second-order valence-corrected chi connectivity index (χ2v) is 8.14. The van der Waals surface area contributed by atoms with Gasteiger partial charge in [0.15, 0.2) is 0 Å². The van der Waals surface area contributed by atoms with Gasteiger partial charge in [0.05, 0.1) is 6.10 Å². The van der Waals surface area contributed by atoms with Crippen LogP contribution in [0.5, 0.6) is 0 Å². The minimum absolute atomic E-state index is 0.0609. The largest absolute Gasteiger partial charge is 0.462 e. The molecule has 2 aliphatic heterocycles. The summed E-state index contributed by atoms with van der Waals surface area (Å²) in [5.74, 6) is 0.381. The summed E-state index contributed by atoms with van der Waals surface area (Å²) >= 11 is 0. The van der Waals surface area contributed by atoms with Crippen LogP contribution in [0, 0.1) is 23.7 Å². The molecule has 0 unspecified atom stereocenters. The first kappa shape index (κ1) is 15.6. The third-order valence-corrected chi connectivity index (χ3v) is 7.05. The molecule has 0 aromatic rings. The van der Waals surface area contributed by atoms with Crippen LogP contribution in [0.15, 0.2) is 0 Å². The van der Waals surface area contributed by atoms with Crippen molar-refractivity contribution >= 4 is 11.8 Å². The number of esters is 1. The monoisotopic (exact) mass is 321 g/mol. The molecule has 4 fully saturated rings. The number of hydrogen-bond donors (Lipinski definition) is 1. The zero-order chi connectivity index (χ0) is 16.4. The van der Waals surface area contributed by atoms with Crippen LogP contribution in [0.4, 0.5) is 0 Å². The predicted octanol–water partition coefficient (Wildman–Crippen LogP) is 1.38. The van der Waals surface area contributed by atoms with Crippen molar-refractivity contribution < 1.29 is 19.4 Å². The summed E-state index contributed by atoms with van der Waals surface area (Å²) in [6.07, 6.45) is 3.54. The van der Waals surface area contributed by atoms with Crippen LogP contribution >= 0.6 is 0 Å². The smallest absolute Gasteiger partial charge is 0.302 e. The Kier molecular flexibility index (Phi) is 3.58. The normalized spacial score (nSPS) is 49.4. The highest BCUT2D eigenvalue weighted by atomic mass is 16.5. The summed E-state index contributed by atoms with van der Waals surface area (Å²) < 4.78 is 5.69. The van der Waals surface area contributed by atoms with Crippen molar-refractivity contribution in [3.8, 4) is 0 Å². The molecule has 2 saturated heterocycles. The van der Waals surface area contributed by atoms with E-state index < -0.39 is 6.10 Å². The number of ether oxygens (including phenoxy) is 1. The fourth-order valence-corrected chi connectivity index (χ4v) is 6.44. The summed E-state index contributed by atoms with van der Waals surface area (Å²) in [7, 11) is 0. The number of nitrogens with zero attached hydrogens (tertiary/aromatic N) is 1. The minimum atomic E-state index is -0.463. The molecule has 0 aromatic carbocycles. The van der Waals surface area contributed by atoms with E-state index in [1.165, 1.54) is 6.92 Å². The van der Waals surface area contributed by atoms with E-state index in [1.807, 2.05) is 0 Å². The first-order valence-electron chi connectivity index (χ1n) is 9.08. The first-order chi connectivity index (χ1) is 10.9. The molecule has 2 bridgehead atoms. The topological polar surface area (TPSA) is 66.8 Å². The predicted molar refractivity (Wildman–Crippen MR) is 83.6 cm³/mol. The van der Waals surface area contributed by atoms with Crippen molar-refractivity contribution in [2.75, 3.05) is 13.1 Å². The number of carbonyl (C=O) groups is 2. The summed E-state index contributed by atoms with van der Waals surface area (Å²) in [6.45, 7) is 5.50. The molecule has 128 valence electrons. The molecule has 0 aromatic heterocycles. The number of hydrogen-bond acceptors (Lipinski definition) is 5. The van der Waals surface area contributed by atoms with E-state index >= 15 is 0 Å². The molecule has 7 atom stereocenters. The van der Waals surface area contributed by atoms with Crippen molar-refractivity contribution in [3.05, 3.63) is 0 Å². The first-order valence-corrected chi connectivity index (χ1v) is 9.08. The molecule has 23 heavy (non-hydrogen) atoms. The van der Waals surface area contributed by atoms with E-state index in [4.69, 9.17) is 4.74 Å². The summed E-state index contributed by atoms with van der Waals surface area (Å²) in [6, 6.07) is 0. The Morgan fingerprint density at radius 3 is 2.87 bits per heavy atom. The van der Waals surface area contributed by atoms with Gasteiger partial charge < -0.3 is 9.84 Å². The van der Waals surface area contributed by atoms with E-state index in [2.05, 4.69) is 11.8 Å². The van der Waals surface area contributed by atoms with Gasteiger partial charge in [-0.25, -0.2) is 0 Å². The highest BCUT2D eigenvalue weighted by Gasteiger charge is 2.67. The second-order valence-electron chi connectivity index (χ2n) is 8.14. The lowest BCUT2D eigenvalue weighted by molar-refractivity contribution is -0.225. The van der Waals surface area contributed by atoms with Gasteiger partial charge in [-0.3, -0.25) is 14.5 Å². The number of piperidine rings is 2. The number of carbonyl (C=O) groups excluding carboxylic acids is 2. The van der Waals surface area contributed by atoms with E-state index in [0.717, 1.165) is 38.8 Å². The lowest BCUT2D eigenvalue weighted by Crippen LogP contribution is -2.76. The van der Waals surface area contributed by atoms with Crippen LogP contribution in [0.3, 0.4) is 0 Å². The maximum atomic E-state index is 12.8. The van der Waals surface area contributed by atoms with E-state index in [-0.39, 0.29) is 41.3 Å². The SMILES string of the molecule is CC(=O)O[C@@H]1CCN2CCC[C@H]3C(=O)C[C@H]4[C@H](O)[C@H](C)C[C@]32[C@@H]41. The standard InChI is InChI=1S/C18H27NO4/c1-10-9-18-13-4-3-6-19(18)7-5-15(23-11(2)20)16(18)12(17(10)22)8-14(13)21/h10,12-13,15-17,22H,3-9H2,1-2H3/t10-,12-,13+,15-,16+,17-,18-/m1/s1. The zero-order valence-corrected chi connectivity index (χ0v) is 14.0. The van der Waals surface area contributed by atoms with Crippen molar-refractivity contribution in [3.63, 3.8) is 0 Å². The average Bonchev–Trinajstić information content (AvgIpc) is 2.49. The van der Waals surface area contributed by atoms with Gasteiger partial charge in [-0.2, -0.15) is 0 Å². The molecule has 0 radical (unpaired) electrons. The van der Waals surface area contributed by atoms with Crippen LogP contribution in [0.2, 0.25) is 0 Å². The molecule has 0 amide bonds. The van der Waals surface area contributed by atoms with Gasteiger partial charge in [-0.05, 0) is 38.1 Å². The number of aliphatic hydroxyl groups is 1. The maximum absolute atomic E-state index is 12.8. The Balaban J connectivity index is 1.81. The Labute approximate surface area is 137 Å². The molecular weight excluding hydrogens is 294 g/mol. The van der Waals surface area contributed by atoms with Gasteiger partial charge in [0.1, 0.15) is 11.9 Å². The highest BCUT2D eigenvalue weighted by molar-refractivity contribution is 5.84. The fraction of sp³-hybridized carbons (Fsp3) is 0.889. The Bertz CT molecular complexity index is 535. The molecule has 5 nitrogen and oxygen atoms in total. The number of Topliss-reactive ketones (excluding diaryl/α,β-unsaturated/α-hetero) is 1. The van der Waals surface area contributed by atoms with Crippen LogP contribution < -0.4 is 0 Å². The van der Waals surface area contributed by atoms with Crippen LogP contribution in [-0.4, -0.2) is 52.6 Å². The lowest BCUT2D eigenvalue weighted by atomic mass is 9.47. The molecule has 2 saturated carbocycles. The molecule has 5 heteroatoms. The summed E-state index contributed by atoms with van der Waals surface area (Å²) in [5, 5.41) is 10.7. The molecule has 1 spiro atoms. The highest BCUT2D eigenvalue weighted by Crippen LogP contribution is 2.59. The van der Waals surface area contributed by atoms with Crippen LogP contribution in [0.25, 0.3) is 0 Å². The maximum Gasteiger partial charge on any atom is 0.302 e. The van der Waals surface area contributed by atoms with E-state index in [0.29, 0.717) is 12.2 Å². The van der Waals surface area contributed by atoms with Crippen molar-refractivity contribution in [1.29, 1.82) is 0 Å². The van der Waals surface area contributed by atoms with Crippen LogP contribution in [0.1, 0.15) is 46.0 Å². The number of aliphatic hydroxyl groups excluding tert-OH is 1. The fourth-order valence-electron chi connectivity index (χ4n) is 6.44. The second kappa shape index (κ2) is 5.28. The quantitative estimate of drug-likeness (QED) is 0.739. The summed E-state index contributed by atoms with van der Waals surface area (Å²) in [5.41, 5.74) is -0.185. The number of ketones is 1. The zero-order valence-electron chi connectivity index (χ0n) is 14.0. The Hall–Kier alpha value is -0.940. The van der Waals surface area contributed by atoms with Gasteiger partial charge >= 0.3 is 5.97 Å². The van der Waals surface area contributed by atoms with Crippen molar-refractivity contribution in [2.24, 2.45) is 23.7 Å². The van der Waals surface area contributed by atoms with Crippen molar-refractivity contribution in [1.82, 2.24) is 4.90 Å². The van der Waals surface area contributed by atoms with Crippen LogP contribution in [-0.2, 0) is 14.3 Å². The Morgan fingerprint density at radius 1 is 1.35 bits per heavy atom. The van der Waals surface area contributed by atoms with Gasteiger partial charge in [-0.15, -0.1) is 0 Å². The van der Waals surface area contributed by atoms with E-state index in [9.17, 15) is 14.7 Å². The van der Waals surface area contributed by atoms with Gasteiger partial charge in [0, 0.05) is 43.2 Å². The van der Waals surface area contributed by atoms with Crippen molar-refractivity contribution in [2.45, 2.75) is 63.7 Å². The lowest BCUT2D eigenvalue weighted by Gasteiger charge is -2.67. The molecule has 4 rings (SSSR count). The molecule has 2 heterocycles. The van der Waals surface area contributed by atoms with Gasteiger partial charge in [0.25, 0.3) is 0 Å². The summed E-state index contributed by atoms with van der Waals surface area (Å²) in [4.78, 5) is 26.9. The third kappa shape index (κ3) is 2.05. The minimum Gasteiger partial charge on any atom is -0.462 e. The third-order valence-electron chi connectivity index (χ3n) is 7.05. The molecular formula is C18H27NO4. The Morgan fingerprint density at radius 2 is 2.13 bits per heavy atom.